The Labute approximate surface area is 250 Å². The van der Waals surface area contributed by atoms with E-state index in [1.807, 2.05) is 0 Å². The minimum atomic E-state index is -4.44. The number of rotatable bonds is 12. The second-order valence-corrected chi connectivity index (χ2v) is 13.8. The Morgan fingerprint density at radius 3 is 2.44 bits per heavy atom. The minimum absolute atomic E-state index is 0.0189. The Hall–Kier alpha value is -2.72. The summed E-state index contributed by atoms with van der Waals surface area (Å²) in [5.74, 6) is -1.53. The zero-order chi connectivity index (χ0) is 31.7. The second kappa shape index (κ2) is 12.7. The van der Waals surface area contributed by atoms with Crippen LogP contribution in [0.25, 0.3) is 11.3 Å². The van der Waals surface area contributed by atoms with Gasteiger partial charge in [0.2, 0.25) is 0 Å². The highest BCUT2D eigenvalue weighted by Crippen LogP contribution is 2.41. The zero-order valence-corrected chi connectivity index (χ0v) is 25.0. The largest absolute Gasteiger partial charge is 0.434 e. The van der Waals surface area contributed by atoms with E-state index in [1.54, 1.807) is 6.92 Å². The van der Waals surface area contributed by atoms with Gasteiger partial charge >= 0.3 is 12.8 Å². The van der Waals surface area contributed by atoms with Gasteiger partial charge in [-0.05, 0) is 51.4 Å². The summed E-state index contributed by atoms with van der Waals surface area (Å²) in [6, 6.07) is 0.0626. The van der Waals surface area contributed by atoms with E-state index in [9.17, 15) is 40.3 Å². The number of nitrogens with one attached hydrogen (secondary N) is 2. The number of aryl methyl sites for hydroxylation is 1. The van der Waals surface area contributed by atoms with Crippen molar-refractivity contribution in [2.24, 2.45) is 5.92 Å². The molecular weight excluding hydrogens is 625 g/mol. The Bertz CT molecular complexity index is 1430. The molecule has 0 aromatic carbocycles. The topological polar surface area (TPSA) is 135 Å². The van der Waals surface area contributed by atoms with Crippen LogP contribution < -0.4 is 15.4 Å². The summed E-state index contributed by atoms with van der Waals surface area (Å²) in [5, 5.41) is 19.5. The first-order chi connectivity index (χ1) is 20.0. The van der Waals surface area contributed by atoms with Crippen LogP contribution in [0.3, 0.4) is 0 Å². The van der Waals surface area contributed by atoms with Crippen LogP contribution in [0.15, 0.2) is 12.3 Å². The molecule has 10 nitrogen and oxygen atoms in total. The number of carbonyl (C=O) groups is 1. The lowest BCUT2D eigenvalue weighted by molar-refractivity contribution is -0.138. The van der Waals surface area contributed by atoms with E-state index in [-0.39, 0.29) is 72.5 Å². The highest BCUT2D eigenvalue weighted by atomic mass is 35.5. The number of halogens is 6. The van der Waals surface area contributed by atoms with Gasteiger partial charge in [-0.2, -0.15) is 27.1 Å². The lowest BCUT2D eigenvalue weighted by Gasteiger charge is -2.35. The molecule has 0 radical (unpaired) electrons. The van der Waals surface area contributed by atoms with E-state index in [1.165, 1.54) is 4.68 Å². The highest BCUT2D eigenvalue weighted by molar-refractivity contribution is 7.91. The van der Waals surface area contributed by atoms with Gasteiger partial charge in [0.05, 0.1) is 33.6 Å². The fourth-order valence-electron chi connectivity index (χ4n) is 5.29. The van der Waals surface area contributed by atoms with Crippen molar-refractivity contribution in [2.75, 3.05) is 18.1 Å². The summed E-state index contributed by atoms with van der Waals surface area (Å²) < 4.78 is 95.7. The summed E-state index contributed by atoms with van der Waals surface area (Å²) in [7, 11) is -3.26. The SMILES string of the molecule is CCn1nc(C(=O)NCC2(O)CCC(S(C)(=O)=O)CC2)c(Cl)c1-c1cnc(N[C@@H](CC(F)(F)F)C2CC2)cc1OC(F)F. The minimum Gasteiger partial charge on any atom is -0.434 e. The Kier molecular flexibility index (Phi) is 9.81. The average Bonchev–Trinajstić information content (AvgIpc) is 3.69. The summed E-state index contributed by atoms with van der Waals surface area (Å²) in [5.41, 5.74) is -1.66. The van der Waals surface area contributed by atoms with Crippen molar-refractivity contribution in [3.8, 4) is 17.0 Å². The van der Waals surface area contributed by atoms with Gasteiger partial charge in [-0.25, -0.2) is 13.4 Å². The summed E-state index contributed by atoms with van der Waals surface area (Å²) >= 11 is 6.53. The standard InChI is InChI=1S/C26H33ClF5N5O5S/c1-3-37-22(20(27)21(36-37)23(38)34-13-25(39)8-6-15(7-9-25)43(2,40)41)16-12-33-19(10-18(16)42-24(28)29)35-17(14-4-5-14)11-26(30,31)32/h10,12,14-15,17,24,39H,3-9,11,13H2,1-2H3,(H,33,35)(H,34,38)/t15?,17-,25?/m0/s1. The van der Waals surface area contributed by atoms with Crippen molar-refractivity contribution in [1.29, 1.82) is 0 Å². The van der Waals surface area contributed by atoms with E-state index < -0.39 is 57.6 Å². The number of aromatic nitrogens is 3. The fraction of sp³-hybridized carbons (Fsp3) is 0.654. The van der Waals surface area contributed by atoms with Crippen LogP contribution >= 0.6 is 11.6 Å². The molecule has 2 aliphatic carbocycles. The average molecular weight is 658 g/mol. The number of carbonyl (C=O) groups excluding carboxylic acids is 1. The third-order valence-corrected chi connectivity index (χ3v) is 9.81. The molecule has 2 aromatic rings. The number of hydrogen-bond acceptors (Lipinski definition) is 8. The lowest BCUT2D eigenvalue weighted by atomic mass is 9.84. The van der Waals surface area contributed by atoms with Crippen molar-refractivity contribution in [3.05, 3.63) is 23.0 Å². The monoisotopic (exact) mass is 657 g/mol. The van der Waals surface area contributed by atoms with Crippen molar-refractivity contribution < 1.29 is 45.0 Å². The predicted molar refractivity (Wildman–Crippen MR) is 148 cm³/mol. The molecule has 240 valence electrons. The number of sulfone groups is 1. The van der Waals surface area contributed by atoms with Gasteiger partial charge < -0.3 is 20.5 Å². The maximum absolute atomic E-state index is 13.4. The third kappa shape index (κ3) is 8.47. The van der Waals surface area contributed by atoms with Gasteiger partial charge in [-0.3, -0.25) is 9.48 Å². The molecule has 0 saturated heterocycles. The van der Waals surface area contributed by atoms with Crippen LogP contribution in [0.1, 0.15) is 62.4 Å². The summed E-state index contributed by atoms with van der Waals surface area (Å²) in [6.45, 7) is -1.69. The lowest BCUT2D eigenvalue weighted by Crippen LogP contribution is -2.47. The molecule has 2 fully saturated rings. The fourth-order valence-corrected chi connectivity index (χ4v) is 6.71. The molecule has 0 unspecified atom stereocenters. The van der Waals surface area contributed by atoms with Crippen molar-refractivity contribution in [2.45, 2.75) is 88.1 Å². The van der Waals surface area contributed by atoms with Crippen LogP contribution in [0, 0.1) is 5.92 Å². The molecule has 4 rings (SSSR count). The number of ether oxygens (including phenoxy) is 1. The number of anilines is 1. The summed E-state index contributed by atoms with van der Waals surface area (Å²) in [4.78, 5) is 17.2. The molecule has 0 bridgehead atoms. The summed E-state index contributed by atoms with van der Waals surface area (Å²) in [6.07, 6.45) is -1.33. The number of amides is 1. The molecule has 2 heterocycles. The molecular formula is C26H33ClF5N5O5S. The van der Waals surface area contributed by atoms with Gasteiger partial charge in [0, 0.05) is 37.7 Å². The molecule has 2 aromatic heterocycles. The maximum Gasteiger partial charge on any atom is 0.391 e. The van der Waals surface area contributed by atoms with E-state index in [0.717, 1.165) is 18.5 Å². The van der Waals surface area contributed by atoms with Crippen molar-refractivity contribution in [3.63, 3.8) is 0 Å². The Balaban J connectivity index is 1.56. The Morgan fingerprint density at radius 1 is 1.26 bits per heavy atom. The van der Waals surface area contributed by atoms with Crippen LogP contribution in [0.4, 0.5) is 27.8 Å². The maximum atomic E-state index is 13.4. The van der Waals surface area contributed by atoms with Crippen LogP contribution in [-0.4, -0.2) is 76.7 Å². The van der Waals surface area contributed by atoms with Crippen LogP contribution in [0.5, 0.6) is 5.75 Å². The zero-order valence-electron chi connectivity index (χ0n) is 23.4. The van der Waals surface area contributed by atoms with Gasteiger partial charge in [0.15, 0.2) is 5.69 Å². The van der Waals surface area contributed by atoms with E-state index in [0.29, 0.717) is 12.8 Å². The first-order valence-corrected chi connectivity index (χ1v) is 16.1. The normalized spacial score (nSPS) is 22.0. The molecule has 1 amide bonds. The first kappa shape index (κ1) is 33.2. The van der Waals surface area contributed by atoms with Crippen LogP contribution in [0.2, 0.25) is 5.02 Å². The quantitative estimate of drug-likeness (QED) is 0.277. The first-order valence-electron chi connectivity index (χ1n) is 13.7. The van der Waals surface area contributed by atoms with E-state index in [2.05, 4.69) is 25.5 Å². The van der Waals surface area contributed by atoms with Gasteiger partial charge in [0.25, 0.3) is 5.91 Å². The van der Waals surface area contributed by atoms with E-state index >= 15 is 0 Å². The van der Waals surface area contributed by atoms with Crippen molar-refractivity contribution >= 4 is 33.2 Å². The molecule has 3 N–H and O–H groups in total. The molecule has 43 heavy (non-hydrogen) atoms. The number of pyridine rings is 1. The number of aliphatic hydroxyl groups is 1. The molecule has 2 aliphatic rings. The highest BCUT2D eigenvalue weighted by Gasteiger charge is 2.41. The number of nitrogens with zero attached hydrogens (tertiary/aromatic N) is 3. The molecule has 17 heteroatoms. The third-order valence-electron chi connectivity index (χ3n) is 7.77. The molecule has 0 aliphatic heterocycles. The van der Waals surface area contributed by atoms with Crippen molar-refractivity contribution in [1.82, 2.24) is 20.1 Å². The smallest absolute Gasteiger partial charge is 0.391 e. The van der Waals surface area contributed by atoms with E-state index in [4.69, 9.17) is 11.6 Å². The van der Waals surface area contributed by atoms with Gasteiger partial charge in [0.1, 0.15) is 21.4 Å². The number of alkyl halides is 5. The van der Waals surface area contributed by atoms with Gasteiger partial charge in [-0.15, -0.1) is 0 Å². The second-order valence-electron chi connectivity index (χ2n) is 11.1. The Morgan fingerprint density at radius 2 is 1.91 bits per heavy atom. The molecule has 1 atom stereocenters. The molecule has 0 spiro atoms. The number of hydrogen-bond donors (Lipinski definition) is 3. The molecule has 2 saturated carbocycles. The predicted octanol–water partition coefficient (Wildman–Crippen LogP) is 4.81. The van der Waals surface area contributed by atoms with Crippen LogP contribution in [-0.2, 0) is 16.4 Å². The van der Waals surface area contributed by atoms with Gasteiger partial charge in [-0.1, -0.05) is 11.6 Å².